The molecule has 1 unspecified atom stereocenters. The van der Waals surface area contributed by atoms with Crippen molar-refractivity contribution in [2.45, 2.75) is 53.6 Å². The number of aromatic nitrogens is 3. The fourth-order valence-corrected chi connectivity index (χ4v) is 5.55. The van der Waals surface area contributed by atoms with Crippen molar-refractivity contribution < 1.29 is 14.3 Å². The molecule has 8 heteroatoms. The number of Topliss-reactive ketones (excluding diaryl/α,β-unsaturated/α-hetero) is 1. The summed E-state index contributed by atoms with van der Waals surface area (Å²) in [6.07, 6.45) is 2.96. The molecule has 1 atom stereocenters. The topological polar surface area (TPSA) is 105 Å². The van der Waals surface area contributed by atoms with Crippen LogP contribution in [0, 0.1) is 19.8 Å². The van der Waals surface area contributed by atoms with Crippen molar-refractivity contribution in [3.8, 4) is 0 Å². The molecule has 0 fully saturated rings. The van der Waals surface area contributed by atoms with Crippen LogP contribution in [0.15, 0.2) is 4.79 Å². The Bertz CT molecular complexity index is 1200. The van der Waals surface area contributed by atoms with Crippen LogP contribution in [0.2, 0.25) is 0 Å². The predicted octanol–water partition coefficient (Wildman–Crippen LogP) is 3.61. The number of carbonyl (C=O) groups excluding carboxylic acids is 2. The van der Waals surface area contributed by atoms with Gasteiger partial charge in [-0.2, -0.15) is 0 Å². The van der Waals surface area contributed by atoms with Gasteiger partial charge in [0.05, 0.1) is 5.39 Å². The van der Waals surface area contributed by atoms with Crippen LogP contribution in [0.4, 0.5) is 0 Å². The lowest BCUT2D eigenvalue weighted by atomic mass is 9.89. The van der Waals surface area contributed by atoms with E-state index < -0.39 is 5.97 Å². The second-order valence-corrected chi connectivity index (χ2v) is 8.89. The van der Waals surface area contributed by atoms with Crippen LogP contribution >= 0.6 is 11.3 Å². The molecule has 3 aromatic heterocycles. The van der Waals surface area contributed by atoms with E-state index in [4.69, 9.17) is 4.74 Å². The first kappa shape index (κ1) is 19.6. The summed E-state index contributed by atoms with van der Waals surface area (Å²) < 4.78 is 5.36. The molecule has 0 spiro atoms. The van der Waals surface area contributed by atoms with Crippen molar-refractivity contribution in [2.24, 2.45) is 5.92 Å². The number of nitrogens with one attached hydrogen (secondary N) is 2. The van der Waals surface area contributed by atoms with Crippen molar-refractivity contribution in [3.05, 3.63) is 49.1 Å². The molecule has 0 aromatic carbocycles. The molecule has 0 bridgehead atoms. The van der Waals surface area contributed by atoms with Gasteiger partial charge in [-0.25, -0.2) is 9.78 Å². The van der Waals surface area contributed by atoms with E-state index in [1.54, 1.807) is 25.2 Å². The monoisotopic (exact) mass is 413 g/mol. The maximum Gasteiger partial charge on any atom is 0.355 e. The Balaban J connectivity index is 1.58. The molecule has 7 nitrogen and oxygen atoms in total. The summed E-state index contributed by atoms with van der Waals surface area (Å²) in [6.45, 7) is 6.99. The molecule has 2 N–H and O–H groups in total. The van der Waals surface area contributed by atoms with Crippen molar-refractivity contribution in [3.63, 3.8) is 0 Å². The quantitative estimate of drug-likeness (QED) is 0.502. The number of ketones is 1. The summed E-state index contributed by atoms with van der Waals surface area (Å²) in [7, 11) is 0. The second kappa shape index (κ2) is 7.26. The van der Waals surface area contributed by atoms with Gasteiger partial charge < -0.3 is 14.7 Å². The van der Waals surface area contributed by atoms with Gasteiger partial charge in [0.1, 0.15) is 23.0 Å². The number of nitrogens with zero attached hydrogens (tertiary/aromatic N) is 1. The summed E-state index contributed by atoms with van der Waals surface area (Å²) in [5.74, 6) is 0.237. The molecule has 3 aromatic rings. The van der Waals surface area contributed by atoms with Gasteiger partial charge in [-0.3, -0.25) is 9.59 Å². The fraction of sp³-hybridized carbons (Fsp3) is 0.429. The van der Waals surface area contributed by atoms with Crippen LogP contribution in [0.3, 0.4) is 0 Å². The van der Waals surface area contributed by atoms with E-state index in [0.29, 0.717) is 38.8 Å². The third kappa shape index (κ3) is 3.42. The van der Waals surface area contributed by atoms with Gasteiger partial charge in [0.15, 0.2) is 5.78 Å². The number of H-pyrrole nitrogens is 2. The lowest BCUT2D eigenvalue weighted by Crippen LogP contribution is -2.16. The van der Waals surface area contributed by atoms with Crippen molar-refractivity contribution in [1.29, 1.82) is 0 Å². The molecule has 0 saturated carbocycles. The van der Waals surface area contributed by atoms with E-state index in [2.05, 4.69) is 21.9 Å². The zero-order valence-corrected chi connectivity index (χ0v) is 17.7. The van der Waals surface area contributed by atoms with Crippen molar-refractivity contribution in [2.75, 3.05) is 0 Å². The molecular weight excluding hydrogens is 390 g/mol. The number of aromatic amines is 2. The summed E-state index contributed by atoms with van der Waals surface area (Å²) in [6, 6.07) is 0. The van der Waals surface area contributed by atoms with Crippen molar-refractivity contribution in [1.82, 2.24) is 15.0 Å². The summed E-state index contributed by atoms with van der Waals surface area (Å²) in [5.41, 5.74) is 2.89. The van der Waals surface area contributed by atoms with Gasteiger partial charge in [0.2, 0.25) is 0 Å². The number of hydrogen-bond acceptors (Lipinski definition) is 6. The minimum atomic E-state index is -0.583. The van der Waals surface area contributed by atoms with Crippen LogP contribution < -0.4 is 5.56 Å². The van der Waals surface area contributed by atoms with Crippen LogP contribution in [0.5, 0.6) is 0 Å². The van der Waals surface area contributed by atoms with E-state index in [0.717, 1.165) is 24.8 Å². The van der Waals surface area contributed by atoms with Gasteiger partial charge >= 0.3 is 5.97 Å². The predicted molar refractivity (Wildman–Crippen MR) is 111 cm³/mol. The number of fused-ring (bicyclic) bond motifs is 3. The van der Waals surface area contributed by atoms with Gasteiger partial charge in [-0.1, -0.05) is 6.92 Å². The van der Waals surface area contributed by atoms with Gasteiger partial charge in [0, 0.05) is 16.1 Å². The Morgan fingerprint density at radius 1 is 1.28 bits per heavy atom. The first-order valence-corrected chi connectivity index (χ1v) is 10.5. The Hall–Kier alpha value is -2.74. The minimum absolute atomic E-state index is 0.109. The molecule has 29 heavy (non-hydrogen) atoms. The van der Waals surface area contributed by atoms with Crippen LogP contribution in [-0.2, 0) is 24.2 Å². The first-order chi connectivity index (χ1) is 13.8. The zero-order chi connectivity index (χ0) is 20.9. The highest BCUT2D eigenvalue weighted by Gasteiger charge is 2.24. The Kier molecular flexibility index (Phi) is 4.90. The number of ether oxygens (including phenoxy) is 1. The van der Waals surface area contributed by atoms with Crippen molar-refractivity contribution >= 4 is 33.3 Å². The lowest BCUT2D eigenvalue weighted by molar-refractivity contribution is 0.0455. The molecule has 152 valence electrons. The number of aryl methyl sites for hydroxylation is 2. The molecule has 1 aliphatic carbocycles. The second-order valence-electron chi connectivity index (χ2n) is 7.80. The largest absolute Gasteiger partial charge is 0.453 e. The Morgan fingerprint density at radius 3 is 2.72 bits per heavy atom. The highest BCUT2D eigenvalue weighted by atomic mass is 32.1. The van der Waals surface area contributed by atoms with E-state index in [1.165, 1.54) is 11.8 Å². The first-order valence-electron chi connectivity index (χ1n) is 9.67. The Morgan fingerprint density at radius 2 is 2.03 bits per heavy atom. The Labute approximate surface area is 171 Å². The number of hydrogen-bond donors (Lipinski definition) is 2. The maximum atomic E-state index is 12.6. The summed E-state index contributed by atoms with van der Waals surface area (Å²) in [5, 5.41) is 0.675. The minimum Gasteiger partial charge on any atom is -0.453 e. The smallest absolute Gasteiger partial charge is 0.355 e. The maximum absolute atomic E-state index is 12.6. The SMILES string of the molecule is CC(=O)c1c(C)[nH]c(C(=O)OCc2nc3sc4c(c3c(=O)[nH]2)CCC(C)C4)c1C. The fourth-order valence-electron chi connectivity index (χ4n) is 4.15. The van der Waals surface area contributed by atoms with E-state index in [-0.39, 0.29) is 23.6 Å². The van der Waals surface area contributed by atoms with Gasteiger partial charge in [-0.05, 0) is 57.1 Å². The average Bonchev–Trinajstić information content (AvgIpc) is 3.15. The molecule has 1 aliphatic rings. The van der Waals surface area contributed by atoms with E-state index in [9.17, 15) is 14.4 Å². The molecule has 0 amide bonds. The number of rotatable bonds is 4. The van der Waals surface area contributed by atoms with Crippen LogP contribution in [0.1, 0.15) is 68.6 Å². The van der Waals surface area contributed by atoms with E-state index in [1.807, 2.05) is 0 Å². The third-order valence-corrected chi connectivity index (χ3v) is 6.70. The number of carbonyl (C=O) groups is 2. The highest BCUT2D eigenvalue weighted by molar-refractivity contribution is 7.18. The van der Waals surface area contributed by atoms with Crippen LogP contribution in [0.25, 0.3) is 10.2 Å². The molecule has 4 rings (SSSR count). The molecule has 0 aliphatic heterocycles. The lowest BCUT2D eigenvalue weighted by Gasteiger charge is -2.17. The molecule has 3 heterocycles. The number of thiophene rings is 1. The molecule has 0 radical (unpaired) electrons. The van der Waals surface area contributed by atoms with E-state index >= 15 is 0 Å². The normalized spacial score (nSPS) is 16.1. The molecular formula is C21H23N3O4S. The summed E-state index contributed by atoms with van der Waals surface area (Å²) >= 11 is 1.56. The van der Waals surface area contributed by atoms with Gasteiger partial charge in [-0.15, -0.1) is 11.3 Å². The highest BCUT2D eigenvalue weighted by Crippen LogP contribution is 2.35. The van der Waals surface area contributed by atoms with Crippen LogP contribution in [-0.4, -0.2) is 26.7 Å². The molecule has 0 saturated heterocycles. The summed E-state index contributed by atoms with van der Waals surface area (Å²) in [4.78, 5) is 49.0. The zero-order valence-electron chi connectivity index (χ0n) is 16.9. The standard InChI is InChI=1S/C21H23N3O4S/c1-9-5-6-13-14(7-9)29-20-17(13)19(26)23-15(24-20)8-28-21(27)18-10(2)16(12(4)25)11(3)22-18/h9,22H,5-8H2,1-4H3,(H,23,24,26). The van der Waals surface area contributed by atoms with Gasteiger partial charge in [0.25, 0.3) is 5.56 Å². The third-order valence-electron chi connectivity index (χ3n) is 5.55. The average molecular weight is 413 g/mol. The number of esters is 1.